The Hall–Kier alpha value is -2.49. The predicted octanol–water partition coefficient (Wildman–Crippen LogP) is 2.99. The lowest BCUT2D eigenvalue weighted by atomic mass is 10.1. The predicted molar refractivity (Wildman–Crippen MR) is 83.3 cm³/mol. The summed E-state index contributed by atoms with van der Waals surface area (Å²) < 4.78 is 1.70. The average Bonchev–Trinajstić information content (AvgIpc) is 2.54. The van der Waals surface area contributed by atoms with Crippen molar-refractivity contribution >= 4 is 10.9 Å². The molecule has 3 aromatic rings. The third-order valence-corrected chi connectivity index (χ3v) is 3.75. The lowest BCUT2D eigenvalue weighted by molar-refractivity contribution is 0.489. The second-order valence-electron chi connectivity index (χ2n) is 5.22. The monoisotopic (exact) mass is 279 g/mol. The van der Waals surface area contributed by atoms with Crippen molar-refractivity contribution in [3.8, 4) is 0 Å². The minimum absolute atomic E-state index is 0.0198. The number of aryl methyl sites for hydroxylation is 1. The third-order valence-electron chi connectivity index (χ3n) is 3.75. The molecule has 0 radical (unpaired) electrons. The van der Waals surface area contributed by atoms with E-state index in [9.17, 15) is 4.79 Å². The summed E-state index contributed by atoms with van der Waals surface area (Å²) in [4.78, 5) is 20.8. The lowest BCUT2D eigenvalue weighted by Gasteiger charge is -2.15. The highest BCUT2D eigenvalue weighted by atomic mass is 16.1. The normalized spacial score (nSPS) is 12.4. The van der Waals surface area contributed by atoms with Crippen LogP contribution in [0.1, 0.15) is 24.9 Å². The largest absolute Gasteiger partial charge is 0.296 e. The molecule has 4 heteroatoms. The van der Waals surface area contributed by atoms with Crippen molar-refractivity contribution in [2.75, 3.05) is 0 Å². The van der Waals surface area contributed by atoms with Gasteiger partial charge in [-0.1, -0.05) is 30.3 Å². The molecule has 0 fully saturated rings. The average molecular weight is 279 g/mol. The van der Waals surface area contributed by atoms with Crippen molar-refractivity contribution in [1.82, 2.24) is 14.5 Å². The molecule has 0 bridgehead atoms. The van der Waals surface area contributed by atoms with Gasteiger partial charge in [-0.2, -0.15) is 0 Å². The van der Waals surface area contributed by atoms with Gasteiger partial charge in [0.1, 0.15) is 0 Å². The maximum atomic E-state index is 12.5. The molecule has 0 aliphatic carbocycles. The van der Waals surface area contributed by atoms with E-state index in [-0.39, 0.29) is 11.6 Å². The first-order valence-electron chi connectivity index (χ1n) is 7.10. The molecule has 0 amide bonds. The van der Waals surface area contributed by atoms with Crippen LogP contribution in [0.2, 0.25) is 0 Å². The van der Waals surface area contributed by atoms with Crippen LogP contribution < -0.4 is 5.56 Å². The zero-order valence-corrected chi connectivity index (χ0v) is 11.9. The van der Waals surface area contributed by atoms with Crippen molar-refractivity contribution in [2.24, 2.45) is 0 Å². The standard InChI is InChI=1S/C17H17N3O/c1-13(7-8-14-5-3-2-4-6-14)20-12-19-16-9-10-18-11-15(16)17(20)21/h2-6,9-13H,7-8H2,1H3. The highest BCUT2D eigenvalue weighted by Gasteiger charge is 2.10. The van der Waals surface area contributed by atoms with Crippen LogP contribution in [-0.4, -0.2) is 14.5 Å². The zero-order chi connectivity index (χ0) is 14.7. The van der Waals surface area contributed by atoms with Crippen LogP contribution in [0, 0.1) is 0 Å². The second-order valence-corrected chi connectivity index (χ2v) is 5.22. The summed E-state index contributed by atoms with van der Waals surface area (Å²) in [5, 5.41) is 0.576. The Morgan fingerprint density at radius 2 is 2.00 bits per heavy atom. The van der Waals surface area contributed by atoms with E-state index in [1.54, 1.807) is 29.4 Å². The van der Waals surface area contributed by atoms with E-state index in [1.165, 1.54) is 5.56 Å². The van der Waals surface area contributed by atoms with E-state index in [4.69, 9.17) is 0 Å². The number of hydrogen-bond acceptors (Lipinski definition) is 3. The van der Waals surface area contributed by atoms with E-state index in [0.717, 1.165) is 12.8 Å². The molecule has 0 aliphatic heterocycles. The minimum Gasteiger partial charge on any atom is -0.296 e. The highest BCUT2D eigenvalue weighted by molar-refractivity contribution is 5.75. The first kappa shape index (κ1) is 13.5. The molecule has 0 spiro atoms. The Morgan fingerprint density at radius 1 is 1.19 bits per heavy atom. The molecule has 21 heavy (non-hydrogen) atoms. The molecule has 0 saturated carbocycles. The van der Waals surface area contributed by atoms with Gasteiger partial charge >= 0.3 is 0 Å². The fraction of sp³-hybridized carbons (Fsp3) is 0.235. The second kappa shape index (κ2) is 5.87. The van der Waals surface area contributed by atoms with Crippen molar-refractivity contribution < 1.29 is 0 Å². The van der Waals surface area contributed by atoms with Gasteiger partial charge in [-0.25, -0.2) is 4.98 Å². The zero-order valence-electron chi connectivity index (χ0n) is 11.9. The molecule has 106 valence electrons. The van der Waals surface area contributed by atoms with Crippen LogP contribution in [-0.2, 0) is 6.42 Å². The molecule has 0 N–H and O–H groups in total. The molecule has 4 nitrogen and oxygen atoms in total. The lowest BCUT2D eigenvalue weighted by Crippen LogP contribution is -2.24. The van der Waals surface area contributed by atoms with E-state index in [1.807, 2.05) is 25.1 Å². The maximum absolute atomic E-state index is 12.5. The summed E-state index contributed by atoms with van der Waals surface area (Å²) in [7, 11) is 0. The van der Waals surface area contributed by atoms with Gasteiger partial charge in [0.25, 0.3) is 5.56 Å². The Labute approximate surface area is 123 Å². The molecule has 1 unspecified atom stereocenters. The van der Waals surface area contributed by atoms with E-state index in [2.05, 4.69) is 22.1 Å². The number of hydrogen-bond donors (Lipinski definition) is 0. The summed E-state index contributed by atoms with van der Waals surface area (Å²) in [6, 6.07) is 12.2. The number of fused-ring (bicyclic) bond motifs is 1. The van der Waals surface area contributed by atoms with Crippen LogP contribution in [0.3, 0.4) is 0 Å². The Morgan fingerprint density at radius 3 is 2.81 bits per heavy atom. The van der Waals surface area contributed by atoms with Gasteiger partial charge in [0.05, 0.1) is 17.2 Å². The van der Waals surface area contributed by atoms with Crippen LogP contribution in [0.25, 0.3) is 10.9 Å². The summed E-state index contributed by atoms with van der Waals surface area (Å²) >= 11 is 0. The molecule has 3 rings (SSSR count). The van der Waals surface area contributed by atoms with Crippen molar-refractivity contribution in [1.29, 1.82) is 0 Å². The van der Waals surface area contributed by atoms with E-state index >= 15 is 0 Å². The number of aromatic nitrogens is 3. The SMILES string of the molecule is CC(CCc1ccccc1)n1cnc2ccncc2c1=O. The maximum Gasteiger partial charge on any atom is 0.262 e. The number of pyridine rings is 1. The molecule has 0 saturated heterocycles. The highest BCUT2D eigenvalue weighted by Crippen LogP contribution is 2.14. The van der Waals surface area contributed by atoms with Crippen LogP contribution in [0.15, 0.2) is 59.9 Å². The van der Waals surface area contributed by atoms with Gasteiger partial charge in [0, 0.05) is 18.4 Å². The molecular weight excluding hydrogens is 262 g/mol. The smallest absolute Gasteiger partial charge is 0.262 e. The van der Waals surface area contributed by atoms with Gasteiger partial charge in [0.15, 0.2) is 0 Å². The molecule has 0 aliphatic rings. The number of nitrogens with zero attached hydrogens (tertiary/aromatic N) is 3. The first-order valence-corrected chi connectivity index (χ1v) is 7.10. The number of benzene rings is 1. The van der Waals surface area contributed by atoms with Crippen molar-refractivity contribution in [2.45, 2.75) is 25.8 Å². The van der Waals surface area contributed by atoms with Gasteiger partial charge < -0.3 is 0 Å². The summed E-state index contributed by atoms with van der Waals surface area (Å²) in [6.45, 7) is 2.05. The van der Waals surface area contributed by atoms with Gasteiger partial charge in [-0.15, -0.1) is 0 Å². The minimum atomic E-state index is -0.0198. The van der Waals surface area contributed by atoms with Gasteiger partial charge in [-0.05, 0) is 31.4 Å². The quantitative estimate of drug-likeness (QED) is 0.737. The van der Waals surface area contributed by atoms with Crippen molar-refractivity contribution in [3.63, 3.8) is 0 Å². The molecule has 1 atom stereocenters. The van der Waals surface area contributed by atoms with E-state index in [0.29, 0.717) is 10.9 Å². The Bertz CT molecular complexity index is 796. The Kier molecular flexibility index (Phi) is 3.77. The molecule has 2 aromatic heterocycles. The first-order chi connectivity index (χ1) is 10.3. The molecule has 2 heterocycles. The van der Waals surface area contributed by atoms with Crippen LogP contribution in [0.5, 0.6) is 0 Å². The fourth-order valence-corrected chi connectivity index (χ4v) is 2.45. The van der Waals surface area contributed by atoms with Gasteiger partial charge in [-0.3, -0.25) is 14.3 Å². The molecule has 1 aromatic carbocycles. The third kappa shape index (κ3) is 2.84. The van der Waals surface area contributed by atoms with Crippen LogP contribution >= 0.6 is 0 Å². The van der Waals surface area contributed by atoms with Gasteiger partial charge in [0.2, 0.25) is 0 Å². The number of rotatable bonds is 4. The Balaban J connectivity index is 1.83. The van der Waals surface area contributed by atoms with Crippen LogP contribution in [0.4, 0.5) is 0 Å². The topological polar surface area (TPSA) is 47.8 Å². The van der Waals surface area contributed by atoms with E-state index < -0.39 is 0 Å². The summed E-state index contributed by atoms with van der Waals surface area (Å²) in [5.41, 5.74) is 1.96. The fourth-order valence-electron chi connectivity index (χ4n) is 2.45. The summed E-state index contributed by atoms with van der Waals surface area (Å²) in [6.07, 6.45) is 6.72. The molecular formula is C17H17N3O. The van der Waals surface area contributed by atoms with Crippen molar-refractivity contribution in [3.05, 3.63) is 71.0 Å². The summed E-state index contributed by atoms with van der Waals surface area (Å²) in [5.74, 6) is 0.